The average molecular weight is 604 g/mol. The number of allylic oxidation sites excluding steroid dienone is 2. The van der Waals surface area contributed by atoms with E-state index in [-0.39, 0.29) is 31.6 Å². The first-order valence-corrected chi connectivity index (χ1v) is 10.5. The van der Waals surface area contributed by atoms with Gasteiger partial charge in [0.2, 0.25) is 0 Å². The zero-order valence-corrected chi connectivity index (χ0v) is 21.5. The molecular formula is C28H29IrNO2. The molecule has 0 aliphatic carbocycles. The van der Waals surface area contributed by atoms with Crippen LogP contribution in [0.3, 0.4) is 0 Å². The van der Waals surface area contributed by atoms with Crippen LogP contribution in [0.25, 0.3) is 32.8 Å². The number of pyridine rings is 1. The molecular weight excluding hydrogens is 575 g/mol. The second kappa shape index (κ2) is 11.2. The molecule has 0 saturated heterocycles. The minimum Gasteiger partial charge on any atom is -0.512 e. The van der Waals surface area contributed by atoms with E-state index in [4.69, 9.17) is 14.9 Å². The van der Waals surface area contributed by atoms with Crippen LogP contribution in [-0.2, 0) is 20.1 Å². The van der Waals surface area contributed by atoms with Crippen LogP contribution in [0.1, 0.15) is 44.7 Å². The molecule has 0 aliphatic rings. The number of nitrogens with zero attached hydrogens (tertiary/aromatic N) is 1. The van der Waals surface area contributed by atoms with Crippen LogP contribution >= 0.6 is 0 Å². The van der Waals surface area contributed by atoms with Gasteiger partial charge in [0, 0.05) is 26.3 Å². The third kappa shape index (κ3) is 6.12. The molecule has 0 spiro atoms. The maximum absolute atomic E-state index is 8.40. The average Bonchev–Trinajstić information content (AvgIpc) is 2.72. The van der Waals surface area contributed by atoms with Crippen molar-refractivity contribution in [1.82, 2.24) is 4.98 Å². The number of carbonyl (C=O) groups excluding carboxylic acids is 1. The van der Waals surface area contributed by atoms with Gasteiger partial charge >= 0.3 is 5.78 Å². The maximum Gasteiger partial charge on any atom is 0.316 e. The van der Waals surface area contributed by atoms with Crippen LogP contribution in [0.4, 0.5) is 0 Å². The van der Waals surface area contributed by atoms with Crippen LogP contribution in [-0.4, -0.2) is 20.7 Å². The summed E-state index contributed by atoms with van der Waals surface area (Å²) in [5, 5.41) is 13.4. The Labute approximate surface area is 203 Å². The summed E-state index contributed by atoms with van der Waals surface area (Å²) in [7, 11) is 0. The van der Waals surface area contributed by atoms with E-state index in [0.29, 0.717) is 5.92 Å². The number of benzene rings is 3. The predicted octanol–water partition coefficient (Wildman–Crippen LogP) is 7.30. The summed E-state index contributed by atoms with van der Waals surface area (Å²) >= 11 is 0. The molecule has 167 valence electrons. The molecule has 32 heavy (non-hydrogen) atoms. The van der Waals surface area contributed by atoms with E-state index < -0.39 is 0 Å². The molecule has 0 fully saturated rings. The van der Waals surface area contributed by atoms with E-state index in [9.17, 15) is 0 Å². The van der Waals surface area contributed by atoms with Crippen molar-refractivity contribution in [3.8, 4) is 11.3 Å². The zero-order valence-electron chi connectivity index (χ0n) is 19.1. The molecule has 0 atom stereocenters. The Morgan fingerprint density at radius 3 is 2.34 bits per heavy atom. The Hall–Kier alpha value is -2.81. The number of fused-ring (bicyclic) bond motifs is 3. The number of ketones is 1. The molecule has 0 amide bonds. The first kappa shape index (κ1) is 25.4. The monoisotopic (exact) mass is 604 g/mol. The molecule has 4 aromatic rings. The standard InChI is InChI=1S/C23H20N.C5H8O2.Ir/c1-15(2)18-12-16(3)13-19(14-18)23-22-9-8-17-6-4-5-7-20(17)21(22)10-11-24-23;1-4(6)3-5(2)7;/h4-12,14-15H,1-3H3;3,6H,1-2H3;/q-1;;/p+1/b;4-3-;. The second-order valence-corrected chi connectivity index (χ2v) is 8.13. The quantitative estimate of drug-likeness (QED) is 0.0879. The fourth-order valence-electron chi connectivity index (χ4n) is 3.66. The van der Waals surface area contributed by atoms with E-state index in [0.717, 1.165) is 16.8 Å². The number of aryl methyl sites for hydroxylation is 1. The minimum atomic E-state index is 0. The van der Waals surface area contributed by atoms with Gasteiger partial charge in [0.15, 0.2) is 0 Å². The van der Waals surface area contributed by atoms with Gasteiger partial charge in [-0.2, -0.15) is 0 Å². The first-order chi connectivity index (χ1) is 14.8. The fourth-order valence-corrected chi connectivity index (χ4v) is 3.66. The second-order valence-electron chi connectivity index (χ2n) is 8.13. The maximum atomic E-state index is 8.40. The van der Waals surface area contributed by atoms with Gasteiger partial charge in [-0.3, -0.25) is 4.79 Å². The summed E-state index contributed by atoms with van der Waals surface area (Å²) in [4.78, 5) is 13.1. The summed E-state index contributed by atoms with van der Waals surface area (Å²) in [6, 6.07) is 22.9. The first-order valence-electron chi connectivity index (χ1n) is 10.5. The van der Waals surface area contributed by atoms with Gasteiger partial charge in [0.25, 0.3) is 0 Å². The fraction of sp³-hybridized carbons (Fsp3) is 0.214. The Kier molecular flexibility index (Phi) is 8.89. The summed E-state index contributed by atoms with van der Waals surface area (Å²) in [5.41, 5.74) is 4.60. The summed E-state index contributed by atoms with van der Waals surface area (Å²) in [6.07, 6.45) is 3.19. The van der Waals surface area contributed by atoms with Gasteiger partial charge in [-0.25, -0.2) is 0 Å². The van der Waals surface area contributed by atoms with Crippen molar-refractivity contribution in [2.75, 3.05) is 0 Å². The molecule has 0 aliphatic heterocycles. The minimum absolute atomic E-state index is 0. The van der Waals surface area contributed by atoms with Crippen LogP contribution < -0.4 is 0 Å². The summed E-state index contributed by atoms with van der Waals surface area (Å²) in [6.45, 7) is 9.56. The van der Waals surface area contributed by atoms with E-state index >= 15 is 0 Å². The normalized spacial score (nSPS) is 11.1. The van der Waals surface area contributed by atoms with Crippen LogP contribution in [0.15, 0.2) is 72.6 Å². The topological polar surface area (TPSA) is 54.5 Å². The van der Waals surface area contributed by atoms with Crippen LogP contribution in [0.2, 0.25) is 0 Å². The van der Waals surface area contributed by atoms with Gasteiger partial charge in [-0.15, -0.1) is 34.9 Å². The third-order valence-corrected chi connectivity index (χ3v) is 5.04. The largest absolute Gasteiger partial charge is 0.512 e. The SMILES string of the molecule is CC(=[OH+])/C=C(/C)O.Cc1[c-]c(-c2nccc3c2ccc2ccccc23)cc(C(C)C)c1.[Ir]. The summed E-state index contributed by atoms with van der Waals surface area (Å²) < 4.78 is 0. The molecule has 3 aromatic carbocycles. The molecule has 4 heteroatoms. The Bertz CT molecular complexity index is 1270. The molecule has 0 bridgehead atoms. The molecule has 3 nitrogen and oxygen atoms in total. The number of aromatic nitrogens is 1. The van der Waals surface area contributed by atoms with Crippen LogP contribution in [0.5, 0.6) is 0 Å². The molecule has 2 N–H and O–H groups in total. The zero-order chi connectivity index (χ0) is 22.5. The third-order valence-electron chi connectivity index (χ3n) is 5.04. The molecule has 4 rings (SSSR count). The van der Waals surface area contributed by atoms with Crippen molar-refractivity contribution < 1.29 is 30.0 Å². The Balaban J connectivity index is 0.000000398. The number of aliphatic hydroxyl groups excluding tert-OH is 1. The van der Waals surface area contributed by atoms with E-state index in [2.05, 4.69) is 81.4 Å². The number of aliphatic hydroxyl groups is 1. The Morgan fingerprint density at radius 2 is 1.72 bits per heavy atom. The molecule has 1 aromatic heterocycles. The van der Waals surface area contributed by atoms with E-state index in [1.54, 1.807) is 0 Å². The van der Waals surface area contributed by atoms with Crippen molar-refractivity contribution in [3.63, 3.8) is 0 Å². The van der Waals surface area contributed by atoms with Crippen molar-refractivity contribution in [2.45, 2.75) is 40.5 Å². The molecule has 1 heterocycles. The summed E-state index contributed by atoms with van der Waals surface area (Å²) in [5.74, 6) is 0.743. The van der Waals surface area contributed by atoms with Gasteiger partial charge in [0.05, 0.1) is 18.8 Å². The number of rotatable bonds is 3. The van der Waals surface area contributed by atoms with E-state index in [1.807, 2.05) is 6.20 Å². The van der Waals surface area contributed by atoms with Crippen molar-refractivity contribution in [3.05, 3.63) is 89.8 Å². The predicted molar refractivity (Wildman–Crippen MR) is 131 cm³/mol. The van der Waals surface area contributed by atoms with E-state index in [1.165, 1.54) is 47.0 Å². The smallest absolute Gasteiger partial charge is 0.316 e. The van der Waals surface area contributed by atoms with Gasteiger partial charge in [-0.1, -0.05) is 57.2 Å². The van der Waals surface area contributed by atoms with Crippen molar-refractivity contribution in [1.29, 1.82) is 0 Å². The molecule has 0 saturated carbocycles. The van der Waals surface area contributed by atoms with Crippen molar-refractivity contribution >= 4 is 27.3 Å². The number of hydrogen-bond acceptors (Lipinski definition) is 2. The van der Waals surface area contributed by atoms with Gasteiger partial charge < -0.3 is 10.1 Å². The molecule has 1 radical (unpaired) electrons. The van der Waals surface area contributed by atoms with Crippen molar-refractivity contribution in [2.24, 2.45) is 0 Å². The van der Waals surface area contributed by atoms with Gasteiger partial charge in [-0.05, 0) is 46.1 Å². The Morgan fingerprint density at radius 1 is 1.00 bits per heavy atom. The van der Waals surface area contributed by atoms with Crippen LogP contribution in [0, 0.1) is 13.0 Å². The van der Waals surface area contributed by atoms with Gasteiger partial charge in [0.1, 0.15) is 0 Å². The molecule has 0 unspecified atom stereocenters. The number of hydrogen-bond donors (Lipinski definition) is 1.